The van der Waals surface area contributed by atoms with Crippen LogP contribution in [0.2, 0.25) is 0 Å². The van der Waals surface area contributed by atoms with Crippen LogP contribution in [0, 0.1) is 5.92 Å². The van der Waals surface area contributed by atoms with Crippen LogP contribution in [0.3, 0.4) is 0 Å². The summed E-state index contributed by atoms with van der Waals surface area (Å²) in [6, 6.07) is 5.37. The van der Waals surface area contributed by atoms with Gasteiger partial charge >= 0.3 is 6.18 Å². The topological polar surface area (TPSA) is 45.2 Å². The monoisotopic (exact) mass is 357 g/mol. The van der Waals surface area contributed by atoms with Gasteiger partial charge in [-0.3, -0.25) is 9.69 Å². The minimum absolute atomic E-state index is 0.150. The third-order valence-corrected chi connectivity index (χ3v) is 5.05. The molecule has 0 bridgehead atoms. The normalized spacial score (nSPS) is 17.3. The molecule has 1 aliphatic heterocycles. The van der Waals surface area contributed by atoms with Crippen molar-refractivity contribution >= 4 is 27.5 Å². The number of halogens is 3. The third-order valence-electron chi connectivity index (χ3n) is 4.25. The van der Waals surface area contributed by atoms with E-state index in [1.54, 1.807) is 11.6 Å². The molecule has 1 N–H and O–H groups in total. The van der Waals surface area contributed by atoms with Crippen molar-refractivity contribution in [3.05, 3.63) is 29.3 Å². The molecule has 2 heterocycles. The highest BCUT2D eigenvalue weighted by molar-refractivity contribution is 7.16. The first-order valence-corrected chi connectivity index (χ1v) is 8.69. The second-order valence-corrected chi connectivity index (χ2v) is 6.97. The van der Waals surface area contributed by atoms with Gasteiger partial charge in [0.15, 0.2) is 0 Å². The van der Waals surface area contributed by atoms with Gasteiger partial charge < -0.3 is 5.32 Å². The maximum atomic E-state index is 12.4. The molecule has 3 rings (SSSR count). The molecule has 8 heteroatoms. The zero-order chi connectivity index (χ0) is 17.2. The fourth-order valence-electron chi connectivity index (χ4n) is 2.94. The summed E-state index contributed by atoms with van der Waals surface area (Å²) >= 11 is 1.48. The van der Waals surface area contributed by atoms with E-state index in [9.17, 15) is 18.0 Å². The van der Waals surface area contributed by atoms with Crippen LogP contribution in [0.15, 0.2) is 23.7 Å². The number of thiazole rings is 1. The van der Waals surface area contributed by atoms with Gasteiger partial charge in [-0.25, -0.2) is 4.98 Å². The summed E-state index contributed by atoms with van der Waals surface area (Å²) in [7, 11) is 0. The maximum Gasteiger partial charge on any atom is 0.401 e. The fourth-order valence-corrected chi connectivity index (χ4v) is 3.65. The largest absolute Gasteiger partial charge is 0.401 e. The molecule has 4 nitrogen and oxygen atoms in total. The van der Waals surface area contributed by atoms with Gasteiger partial charge in [0.2, 0.25) is 0 Å². The molecule has 0 aliphatic carbocycles. The lowest BCUT2D eigenvalue weighted by Gasteiger charge is -2.32. The Labute approximate surface area is 141 Å². The lowest BCUT2D eigenvalue weighted by molar-refractivity contribution is -0.148. The van der Waals surface area contributed by atoms with Crippen molar-refractivity contribution in [3.63, 3.8) is 0 Å². The number of rotatable bonds is 4. The summed E-state index contributed by atoms with van der Waals surface area (Å²) < 4.78 is 38.1. The molecule has 0 saturated carbocycles. The summed E-state index contributed by atoms with van der Waals surface area (Å²) in [5, 5.41) is 2.89. The number of fused-ring (bicyclic) bond motifs is 1. The summed E-state index contributed by atoms with van der Waals surface area (Å²) in [6.07, 6.45) is -2.80. The number of carbonyl (C=O) groups excluding carboxylic acids is 1. The van der Waals surface area contributed by atoms with Crippen LogP contribution in [0.1, 0.15) is 23.2 Å². The molecular formula is C16H18F3N3OS. The number of likely N-dealkylation sites (tertiary alicyclic amines) is 1. The number of piperidine rings is 1. The lowest BCUT2D eigenvalue weighted by atomic mass is 9.96. The third kappa shape index (κ3) is 4.45. The average Bonchev–Trinajstić information content (AvgIpc) is 3.00. The second-order valence-electron chi connectivity index (χ2n) is 6.08. The molecule has 0 spiro atoms. The predicted molar refractivity (Wildman–Crippen MR) is 87.2 cm³/mol. The van der Waals surface area contributed by atoms with Crippen molar-refractivity contribution < 1.29 is 18.0 Å². The van der Waals surface area contributed by atoms with Gasteiger partial charge in [-0.15, -0.1) is 11.3 Å². The number of hydrogen-bond acceptors (Lipinski definition) is 4. The summed E-state index contributed by atoms with van der Waals surface area (Å²) in [4.78, 5) is 17.8. The van der Waals surface area contributed by atoms with Gasteiger partial charge in [-0.2, -0.15) is 13.2 Å². The van der Waals surface area contributed by atoms with Crippen LogP contribution in [0.4, 0.5) is 13.2 Å². The number of hydrogen-bond donors (Lipinski definition) is 1. The minimum Gasteiger partial charge on any atom is -0.352 e. The summed E-state index contributed by atoms with van der Waals surface area (Å²) in [6.45, 7) is 0.500. The Bertz CT molecular complexity index is 708. The molecule has 1 aliphatic rings. The van der Waals surface area contributed by atoms with Gasteiger partial charge in [0.05, 0.1) is 22.3 Å². The van der Waals surface area contributed by atoms with Crippen molar-refractivity contribution in [2.45, 2.75) is 19.0 Å². The molecule has 0 unspecified atom stereocenters. The maximum absolute atomic E-state index is 12.4. The van der Waals surface area contributed by atoms with E-state index in [4.69, 9.17) is 0 Å². The predicted octanol–water partition coefficient (Wildman–Crippen LogP) is 3.30. The minimum atomic E-state index is -4.14. The molecule has 1 saturated heterocycles. The van der Waals surface area contributed by atoms with Gasteiger partial charge in [0.25, 0.3) is 5.91 Å². The van der Waals surface area contributed by atoms with Crippen LogP contribution in [0.25, 0.3) is 10.2 Å². The number of alkyl halides is 3. The molecule has 1 aromatic heterocycles. The number of benzene rings is 1. The van der Waals surface area contributed by atoms with Crippen molar-refractivity contribution in [1.29, 1.82) is 0 Å². The molecule has 130 valence electrons. The number of carbonyl (C=O) groups is 1. The number of nitrogens with one attached hydrogen (secondary N) is 1. The van der Waals surface area contributed by atoms with Gasteiger partial charge in [0, 0.05) is 12.1 Å². The standard InChI is InChI=1S/C16H18F3N3OS/c17-16(18,19)9-22-5-3-11(4-6-22)8-20-15(23)12-1-2-13-14(7-12)24-10-21-13/h1-2,7,10-11H,3-6,8-9H2,(H,20,23). The zero-order valence-corrected chi connectivity index (χ0v) is 13.8. The van der Waals surface area contributed by atoms with Crippen LogP contribution in [0.5, 0.6) is 0 Å². The van der Waals surface area contributed by atoms with Crippen LogP contribution in [-0.4, -0.2) is 48.1 Å². The summed E-state index contributed by atoms with van der Waals surface area (Å²) in [5.41, 5.74) is 3.19. The lowest BCUT2D eigenvalue weighted by Crippen LogP contribution is -2.42. The van der Waals surface area contributed by atoms with E-state index < -0.39 is 12.7 Å². The molecule has 2 aromatic rings. The second kappa shape index (κ2) is 7.06. The van der Waals surface area contributed by atoms with E-state index in [0.29, 0.717) is 38.0 Å². The van der Waals surface area contributed by atoms with E-state index in [0.717, 1.165) is 10.2 Å². The zero-order valence-electron chi connectivity index (χ0n) is 13.0. The SMILES string of the molecule is O=C(NCC1CCN(CC(F)(F)F)CC1)c1ccc2ncsc2c1. The van der Waals surface area contributed by atoms with E-state index in [1.807, 2.05) is 12.1 Å². The first kappa shape index (κ1) is 17.2. The van der Waals surface area contributed by atoms with E-state index >= 15 is 0 Å². The van der Waals surface area contributed by atoms with Crippen molar-refractivity contribution in [2.24, 2.45) is 5.92 Å². The number of amides is 1. The highest BCUT2D eigenvalue weighted by Crippen LogP contribution is 2.22. The first-order valence-electron chi connectivity index (χ1n) is 7.81. The molecule has 0 radical (unpaired) electrons. The average molecular weight is 357 g/mol. The van der Waals surface area contributed by atoms with Gasteiger partial charge in [0.1, 0.15) is 0 Å². The highest BCUT2D eigenvalue weighted by Gasteiger charge is 2.32. The van der Waals surface area contributed by atoms with E-state index in [-0.39, 0.29) is 11.8 Å². The fraction of sp³-hybridized carbons (Fsp3) is 0.500. The summed E-state index contributed by atoms with van der Waals surface area (Å²) in [5.74, 6) is 0.0774. The Balaban J connectivity index is 1.47. The van der Waals surface area contributed by atoms with Crippen molar-refractivity contribution in [1.82, 2.24) is 15.2 Å². The quantitative estimate of drug-likeness (QED) is 0.913. The van der Waals surface area contributed by atoms with Gasteiger partial charge in [-0.1, -0.05) is 0 Å². The Hall–Kier alpha value is -1.67. The highest BCUT2D eigenvalue weighted by atomic mass is 32.1. The van der Waals surface area contributed by atoms with Crippen LogP contribution >= 0.6 is 11.3 Å². The van der Waals surface area contributed by atoms with Crippen LogP contribution < -0.4 is 5.32 Å². The number of aromatic nitrogens is 1. The van der Waals surface area contributed by atoms with E-state index in [1.165, 1.54) is 16.2 Å². The Kier molecular flexibility index (Phi) is 5.05. The smallest absolute Gasteiger partial charge is 0.352 e. The van der Waals surface area contributed by atoms with Gasteiger partial charge in [-0.05, 0) is 50.0 Å². The molecule has 1 amide bonds. The Morgan fingerprint density at radius 1 is 1.33 bits per heavy atom. The Morgan fingerprint density at radius 3 is 2.79 bits per heavy atom. The van der Waals surface area contributed by atoms with Crippen LogP contribution in [-0.2, 0) is 0 Å². The molecule has 1 aromatic carbocycles. The molecular weight excluding hydrogens is 339 g/mol. The van der Waals surface area contributed by atoms with Crippen molar-refractivity contribution in [3.8, 4) is 0 Å². The van der Waals surface area contributed by atoms with Crippen molar-refractivity contribution in [2.75, 3.05) is 26.2 Å². The molecule has 24 heavy (non-hydrogen) atoms. The van der Waals surface area contributed by atoms with E-state index in [2.05, 4.69) is 10.3 Å². The molecule has 1 fully saturated rings. The Morgan fingerprint density at radius 2 is 2.08 bits per heavy atom. The molecule has 0 atom stereocenters. The number of nitrogens with zero attached hydrogens (tertiary/aromatic N) is 2. The first-order chi connectivity index (χ1) is 11.4.